The summed E-state index contributed by atoms with van der Waals surface area (Å²) in [5.41, 5.74) is 9.76. The first-order valence-corrected chi connectivity index (χ1v) is 6.94. The van der Waals surface area contributed by atoms with Crippen LogP contribution >= 0.6 is 0 Å². The number of primary amides is 1. The number of hydrogen-bond donors (Lipinski definition) is 2. The molecule has 0 saturated heterocycles. The number of fused-ring (bicyclic) bond motifs is 1. The first kappa shape index (κ1) is 12.9. The van der Waals surface area contributed by atoms with Crippen molar-refractivity contribution in [2.45, 2.75) is 12.3 Å². The van der Waals surface area contributed by atoms with Crippen molar-refractivity contribution in [3.05, 3.63) is 70.8 Å². The van der Waals surface area contributed by atoms with Gasteiger partial charge in [0.15, 0.2) is 0 Å². The lowest BCUT2D eigenvalue weighted by molar-refractivity contribution is 0.0999. The number of amides is 1. The fraction of sp³-hybridized carbons (Fsp3) is 0.235. The summed E-state index contributed by atoms with van der Waals surface area (Å²) in [5, 5.41) is 3.46. The van der Waals surface area contributed by atoms with Crippen molar-refractivity contribution in [2.24, 2.45) is 5.73 Å². The van der Waals surface area contributed by atoms with Crippen LogP contribution in [0.1, 0.15) is 33.0 Å². The quantitative estimate of drug-likeness (QED) is 0.874. The Bertz CT molecular complexity index is 622. The van der Waals surface area contributed by atoms with Crippen molar-refractivity contribution < 1.29 is 4.79 Å². The molecule has 1 aliphatic heterocycles. The first-order chi connectivity index (χ1) is 9.77. The molecule has 1 heterocycles. The third-order valence-electron chi connectivity index (χ3n) is 3.96. The van der Waals surface area contributed by atoms with Crippen LogP contribution < -0.4 is 11.1 Å². The lowest BCUT2D eigenvalue weighted by Crippen LogP contribution is -2.20. The van der Waals surface area contributed by atoms with E-state index in [0.717, 1.165) is 25.1 Å². The van der Waals surface area contributed by atoms with Gasteiger partial charge in [-0.25, -0.2) is 0 Å². The van der Waals surface area contributed by atoms with Crippen LogP contribution in [0.15, 0.2) is 48.5 Å². The molecule has 0 fully saturated rings. The van der Waals surface area contributed by atoms with Gasteiger partial charge in [-0.3, -0.25) is 4.79 Å². The minimum atomic E-state index is -0.337. The van der Waals surface area contributed by atoms with Crippen molar-refractivity contribution in [3.8, 4) is 0 Å². The largest absolute Gasteiger partial charge is 0.366 e. The minimum Gasteiger partial charge on any atom is -0.366 e. The van der Waals surface area contributed by atoms with Crippen molar-refractivity contribution >= 4 is 5.91 Å². The van der Waals surface area contributed by atoms with Gasteiger partial charge in [0, 0.05) is 18.0 Å². The zero-order valence-electron chi connectivity index (χ0n) is 11.3. The number of benzene rings is 2. The number of rotatable bonds is 2. The summed E-state index contributed by atoms with van der Waals surface area (Å²) in [6, 6.07) is 16.3. The zero-order valence-corrected chi connectivity index (χ0v) is 11.3. The van der Waals surface area contributed by atoms with Crippen LogP contribution in [-0.4, -0.2) is 19.0 Å². The van der Waals surface area contributed by atoms with E-state index >= 15 is 0 Å². The second-order valence-corrected chi connectivity index (χ2v) is 5.15. The number of nitrogens with one attached hydrogen (secondary N) is 1. The molecule has 1 aliphatic rings. The van der Waals surface area contributed by atoms with Gasteiger partial charge in [-0.15, -0.1) is 0 Å². The highest BCUT2D eigenvalue weighted by Crippen LogP contribution is 2.30. The number of carbonyl (C=O) groups is 1. The Morgan fingerprint density at radius 2 is 1.90 bits per heavy atom. The summed E-state index contributed by atoms with van der Waals surface area (Å²) in [7, 11) is 0. The molecule has 3 N–H and O–H groups in total. The highest BCUT2D eigenvalue weighted by molar-refractivity contribution is 5.94. The van der Waals surface area contributed by atoms with E-state index in [1.807, 2.05) is 18.2 Å². The SMILES string of the molecule is NC(=O)c1cccc2c1CCNCC2c1ccccc1. The summed E-state index contributed by atoms with van der Waals surface area (Å²) in [6.07, 6.45) is 0.845. The Morgan fingerprint density at radius 3 is 2.65 bits per heavy atom. The van der Waals surface area contributed by atoms with E-state index in [9.17, 15) is 4.79 Å². The minimum absolute atomic E-state index is 0.271. The highest BCUT2D eigenvalue weighted by Gasteiger charge is 2.22. The molecule has 0 radical (unpaired) electrons. The van der Waals surface area contributed by atoms with Gasteiger partial charge in [-0.2, -0.15) is 0 Å². The Balaban J connectivity index is 2.13. The van der Waals surface area contributed by atoms with Gasteiger partial charge in [0.1, 0.15) is 0 Å². The third kappa shape index (κ3) is 2.32. The third-order valence-corrected chi connectivity index (χ3v) is 3.96. The van der Waals surface area contributed by atoms with E-state index in [4.69, 9.17) is 5.73 Å². The molecule has 0 spiro atoms. The van der Waals surface area contributed by atoms with E-state index in [2.05, 4.69) is 35.6 Å². The molecule has 3 nitrogen and oxygen atoms in total. The molecule has 1 unspecified atom stereocenters. The summed E-state index contributed by atoms with van der Waals surface area (Å²) in [4.78, 5) is 11.6. The predicted molar refractivity (Wildman–Crippen MR) is 79.8 cm³/mol. The first-order valence-electron chi connectivity index (χ1n) is 6.94. The second kappa shape index (κ2) is 5.47. The molecule has 3 heteroatoms. The van der Waals surface area contributed by atoms with E-state index < -0.39 is 0 Å². The molecule has 2 aromatic rings. The maximum absolute atomic E-state index is 11.6. The van der Waals surface area contributed by atoms with Crippen LogP contribution in [-0.2, 0) is 6.42 Å². The van der Waals surface area contributed by atoms with Crippen molar-refractivity contribution in [2.75, 3.05) is 13.1 Å². The summed E-state index contributed by atoms with van der Waals surface area (Å²) in [6.45, 7) is 1.76. The fourth-order valence-electron chi connectivity index (χ4n) is 2.99. The van der Waals surface area contributed by atoms with Gasteiger partial charge in [-0.05, 0) is 35.7 Å². The second-order valence-electron chi connectivity index (χ2n) is 5.15. The molecular weight excluding hydrogens is 248 g/mol. The van der Waals surface area contributed by atoms with E-state index in [-0.39, 0.29) is 11.8 Å². The number of nitrogens with two attached hydrogens (primary N) is 1. The lowest BCUT2D eigenvalue weighted by Gasteiger charge is -2.19. The molecule has 2 aromatic carbocycles. The van der Waals surface area contributed by atoms with Crippen LogP contribution in [0.2, 0.25) is 0 Å². The number of hydrogen-bond acceptors (Lipinski definition) is 2. The van der Waals surface area contributed by atoms with Crippen LogP contribution in [0.4, 0.5) is 0 Å². The van der Waals surface area contributed by atoms with E-state index in [0.29, 0.717) is 5.56 Å². The topological polar surface area (TPSA) is 55.1 Å². The van der Waals surface area contributed by atoms with Crippen LogP contribution in [0, 0.1) is 0 Å². The molecular formula is C17H18N2O. The van der Waals surface area contributed by atoms with E-state index in [1.54, 1.807) is 0 Å². The van der Waals surface area contributed by atoms with Crippen molar-refractivity contribution in [1.82, 2.24) is 5.32 Å². The lowest BCUT2D eigenvalue weighted by atomic mass is 9.86. The predicted octanol–water partition coefficient (Wildman–Crippen LogP) is 2.06. The fourth-order valence-corrected chi connectivity index (χ4v) is 2.99. The van der Waals surface area contributed by atoms with Gasteiger partial charge in [0.2, 0.25) is 5.91 Å². The molecule has 0 saturated carbocycles. The Kier molecular flexibility index (Phi) is 3.52. The molecule has 0 bridgehead atoms. The van der Waals surface area contributed by atoms with Gasteiger partial charge in [-0.1, -0.05) is 42.5 Å². The van der Waals surface area contributed by atoms with Crippen LogP contribution in [0.3, 0.4) is 0 Å². The molecule has 1 atom stereocenters. The molecule has 0 aromatic heterocycles. The number of carbonyl (C=O) groups excluding carboxylic acids is 1. The molecule has 3 rings (SSSR count). The van der Waals surface area contributed by atoms with Crippen LogP contribution in [0.5, 0.6) is 0 Å². The standard InChI is InChI=1S/C17H18N2O/c18-17(20)15-8-4-7-13-14(15)9-10-19-11-16(13)12-5-2-1-3-6-12/h1-8,16,19H,9-11H2,(H2,18,20). The van der Waals surface area contributed by atoms with Gasteiger partial charge < -0.3 is 11.1 Å². The summed E-state index contributed by atoms with van der Waals surface area (Å²) >= 11 is 0. The van der Waals surface area contributed by atoms with Gasteiger partial charge >= 0.3 is 0 Å². The monoisotopic (exact) mass is 266 g/mol. The molecule has 102 valence electrons. The Labute approximate surface area is 118 Å². The average molecular weight is 266 g/mol. The van der Waals surface area contributed by atoms with Crippen LogP contribution in [0.25, 0.3) is 0 Å². The van der Waals surface area contributed by atoms with Gasteiger partial charge in [0.05, 0.1) is 0 Å². The molecule has 1 amide bonds. The van der Waals surface area contributed by atoms with Crippen molar-refractivity contribution in [1.29, 1.82) is 0 Å². The molecule has 20 heavy (non-hydrogen) atoms. The van der Waals surface area contributed by atoms with Crippen molar-refractivity contribution in [3.63, 3.8) is 0 Å². The smallest absolute Gasteiger partial charge is 0.248 e. The van der Waals surface area contributed by atoms with Gasteiger partial charge in [0.25, 0.3) is 0 Å². The highest BCUT2D eigenvalue weighted by atomic mass is 16.1. The Hall–Kier alpha value is -2.13. The average Bonchev–Trinajstić information content (AvgIpc) is 2.70. The Morgan fingerprint density at radius 1 is 1.10 bits per heavy atom. The maximum Gasteiger partial charge on any atom is 0.248 e. The normalized spacial score (nSPS) is 18.1. The maximum atomic E-state index is 11.6. The van der Waals surface area contributed by atoms with E-state index in [1.165, 1.54) is 11.1 Å². The zero-order chi connectivity index (χ0) is 13.9. The molecule has 0 aliphatic carbocycles. The summed E-state index contributed by atoms with van der Waals surface area (Å²) in [5.74, 6) is -0.0661. The summed E-state index contributed by atoms with van der Waals surface area (Å²) < 4.78 is 0.